The van der Waals surface area contributed by atoms with E-state index in [0.29, 0.717) is 95.2 Å². The number of unbranched alkanes of at least 4 members (excludes halogenated alkanes) is 2. The molecule has 11 rings (SSSR count). The Bertz CT molecular complexity index is 5320. The molecule has 10 N–H and O–H groups in total. The third-order valence-electron chi connectivity index (χ3n) is 17.9. The number of carboxylic acid groups (broad SMARTS) is 1. The highest BCUT2D eigenvalue weighted by molar-refractivity contribution is 7.86. The molecule has 4 heterocycles. The third kappa shape index (κ3) is 15.8. The number of benzene rings is 6. The lowest BCUT2D eigenvalue weighted by Gasteiger charge is -2.28. The van der Waals surface area contributed by atoms with Gasteiger partial charge in [-0.25, -0.2) is 14.8 Å². The lowest BCUT2D eigenvalue weighted by atomic mass is 9.78. The summed E-state index contributed by atoms with van der Waals surface area (Å²) in [6.07, 6.45) is 11.9. The van der Waals surface area contributed by atoms with Crippen LogP contribution in [-0.2, 0) is 69.1 Å². The van der Waals surface area contributed by atoms with Crippen LogP contribution in [0.4, 0.5) is 23.0 Å². The molecule has 0 radical (unpaired) electrons. The van der Waals surface area contributed by atoms with E-state index in [9.17, 15) is 71.4 Å². The van der Waals surface area contributed by atoms with Crippen LogP contribution in [0.5, 0.6) is 5.75 Å². The Morgan fingerprint density at radius 2 is 1.37 bits per heavy atom. The molecule has 26 nitrogen and oxygen atoms in total. The van der Waals surface area contributed by atoms with E-state index in [4.69, 9.17) is 10.5 Å². The van der Waals surface area contributed by atoms with E-state index < -0.39 is 86.3 Å². The quantitative estimate of drug-likeness (QED) is 0.0146. The van der Waals surface area contributed by atoms with Crippen LogP contribution >= 0.6 is 0 Å². The highest BCUT2D eigenvalue weighted by Gasteiger charge is 2.46. The van der Waals surface area contributed by atoms with Gasteiger partial charge in [0.25, 0.3) is 51.9 Å². The van der Waals surface area contributed by atoms with E-state index in [1.54, 1.807) is 60.7 Å². The molecule has 30 heteroatoms. The number of ether oxygens (including phenoxy) is 1. The van der Waals surface area contributed by atoms with E-state index in [2.05, 4.69) is 40.0 Å². The number of H-pyrrole nitrogens is 1. The second-order valence-corrected chi connectivity index (χ2v) is 31.6. The van der Waals surface area contributed by atoms with Crippen molar-refractivity contribution >= 4 is 114 Å². The number of fused-ring (bicyclic) bond motifs is 7. The number of carbonyl (C=O) groups is 2. The molecule has 2 aromatic heterocycles. The highest BCUT2D eigenvalue weighted by atomic mass is 32.2. The van der Waals surface area contributed by atoms with Gasteiger partial charge in [-0.1, -0.05) is 50.3 Å². The third-order valence-corrected chi connectivity index (χ3v) is 21.3. The molecule has 0 unspecified atom stereocenters. The molecule has 0 saturated heterocycles. The lowest BCUT2D eigenvalue weighted by molar-refractivity contribution is -0.438. The fourth-order valence-corrected chi connectivity index (χ4v) is 15.4. The molecular formula is C69H72N9O17S4+. The van der Waals surface area contributed by atoms with Crippen LogP contribution < -0.4 is 31.6 Å². The van der Waals surface area contributed by atoms with Crippen LogP contribution in [-0.4, -0.2) is 130 Å². The fourth-order valence-electron chi connectivity index (χ4n) is 13.2. The van der Waals surface area contributed by atoms with E-state index in [1.165, 1.54) is 42.6 Å². The maximum atomic E-state index is 13.6. The number of nitrogen functional groups attached to an aromatic ring is 1. The molecule has 3 aliphatic rings. The topological polar surface area (TPSA) is 409 Å². The molecule has 0 bridgehead atoms. The Kier molecular flexibility index (Phi) is 19.8. The van der Waals surface area contributed by atoms with Gasteiger partial charge in [-0.3, -0.25) is 32.8 Å². The number of aromatic amines is 1. The average molecular weight is 1430 g/mol. The van der Waals surface area contributed by atoms with Crippen LogP contribution in [0, 0.1) is 0 Å². The van der Waals surface area contributed by atoms with Crippen molar-refractivity contribution in [3.63, 3.8) is 0 Å². The van der Waals surface area contributed by atoms with E-state index >= 15 is 0 Å². The number of amides is 1. The van der Waals surface area contributed by atoms with Crippen molar-refractivity contribution in [2.75, 3.05) is 40.5 Å². The second-order valence-electron chi connectivity index (χ2n) is 25.6. The van der Waals surface area contributed by atoms with Crippen molar-refractivity contribution in [3.8, 4) is 5.75 Å². The summed E-state index contributed by atoms with van der Waals surface area (Å²) in [4.78, 5) is 55.2. The van der Waals surface area contributed by atoms with Crippen LogP contribution in [0.2, 0.25) is 0 Å². The molecule has 6 aromatic carbocycles. The average Bonchev–Trinajstić information content (AvgIpc) is 1.59. The number of allylic oxidation sites excluding steroid dienone is 7. The van der Waals surface area contributed by atoms with Crippen molar-refractivity contribution in [3.05, 3.63) is 201 Å². The molecular weight excluding hydrogens is 1360 g/mol. The van der Waals surface area contributed by atoms with Crippen LogP contribution in [0.1, 0.15) is 105 Å². The first-order valence-corrected chi connectivity index (χ1v) is 37.6. The van der Waals surface area contributed by atoms with Gasteiger partial charge in [0, 0.05) is 65.1 Å². The number of hydrogen-bond acceptors (Lipinski definition) is 18. The second kappa shape index (κ2) is 27.6. The number of nitrogens with two attached hydrogens (primary N) is 1. The Balaban J connectivity index is 0.930. The summed E-state index contributed by atoms with van der Waals surface area (Å²) in [7, 11) is -17.6. The highest BCUT2D eigenvalue weighted by Crippen LogP contribution is 2.52. The van der Waals surface area contributed by atoms with Crippen molar-refractivity contribution in [1.82, 2.24) is 25.3 Å². The molecule has 2 aliphatic heterocycles. The van der Waals surface area contributed by atoms with E-state index in [-0.39, 0.29) is 58.3 Å². The molecule has 1 aliphatic carbocycles. The molecule has 0 fully saturated rings. The standard InChI is InChI=1S/C69H71N9O17S4/c1-68(2)57(77(32-5-7-34-96(83,84)85)55-28-16-45-37-50(98(89,90)91)24-26-52(45)59(55)68)30-18-42-10-9-11-43(19-31-58-69(3,4)60-53-27-25-51(99(92,93)94)38-46(53)17-29-56(60)78(58)33-6-8-35-97(86,87)88)62(42)95-49-22-12-41(13-23-49)36-54(66(81)82)74-64(79)44-14-20-47(21-15-44)71-39-48-40-72-63-61(73-48)65(80)76-67(70)75-63/h12-31,37-38,40,54H,5-11,32-36,39H2,1-4H3,(H9-,70,71,72,74,75,76,79,80,81,82,83,84,85,86,87,88,89,90,91,92,93,94)/p+1/t54-/m0/s1. The Morgan fingerprint density at radius 3 is 2.01 bits per heavy atom. The van der Waals surface area contributed by atoms with Gasteiger partial charge in [0.05, 0.1) is 45.1 Å². The number of aliphatic carboxylic acids is 1. The Labute approximate surface area is 570 Å². The first kappa shape index (κ1) is 70.8. The summed E-state index contributed by atoms with van der Waals surface area (Å²) >= 11 is 0. The summed E-state index contributed by atoms with van der Waals surface area (Å²) in [6.45, 7) is 8.87. The maximum absolute atomic E-state index is 13.6. The lowest BCUT2D eigenvalue weighted by Crippen LogP contribution is -2.42. The predicted molar refractivity (Wildman–Crippen MR) is 374 cm³/mol. The predicted octanol–water partition coefficient (Wildman–Crippen LogP) is 9.53. The van der Waals surface area contributed by atoms with E-state index in [1.807, 2.05) is 64.1 Å². The summed E-state index contributed by atoms with van der Waals surface area (Å²) in [5.41, 5.74) is 11.7. The fraction of sp³-hybridized carbons (Fsp3) is 0.290. The van der Waals surface area contributed by atoms with Crippen LogP contribution in [0.15, 0.2) is 177 Å². The monoisotopic (exact) mass is 1430 g/mol. The number of aromatic nitrogens is 4. The van der Waals surface area contributed by atoms with Gasteiger partial charge in [-0.05, 0) is 181 Å². The van der Waals surface area contributed by atoms with Gasteiger partial charge in [0.1, 0.15) is 24.1 Å². The van der Waals surface area contributed by atoms with Crippen molar-refractivity contribution in [2.24, 2.45) is 0 Å². The Hall–Kier alpha value is -9.53. The molecule has 518 valence electrons. The van der Waals surface area contributed by atoms with Crippen molar-refractivity contribution < 1.29 is 75.9 Å². The minimum absolute atomic E-state index is 0.0152. The van der Waals surface area contributed by atoms with Gasteiger partial charge in [0.15, 0.2) is 16.9 Å². The first-order valence-electron chi connectivity index (χ1n) is 31.5. The first-order chi connectivity index (χ1) is 46.6. The number of rotatable bonds is 25. The summed E-state index contributed by atoms with van der Waals surface area (Å²) in [5.74, 6) is -2.07. The molecule has 8 aromatic rings. The number of anilines is 3. The molecule has 0 spiro atoms. The van der Waals surface area contributed by atoms with Gasteiger partial charge in [0.2, 0.25) is 11.6 Å². The zero-order valence-electron chi connectivity index (χ0n) is 54.1. The molecule has 1 atom stereocenters. The zero-order valence-corrected chi connectivity index (χ0v) is 57.4. The number of carbonyl (C=O) groups excluding carboxylic acids is 1. The molecule has 0 saturated carbocycles. The van der Waals surface area contributed by atoms with Gasteiger partial charge in [-0.15, -0.1) is 0 Å². The number of nitrogens with one attached hydrogen (secondary N) is 3. The van der Waals surface area contributed by atoms with Crippen LogP contribution in [0.3, 0.4) is 0 Å². The molecule has 1 amide bonds. The van der Waals surface area contributed by atoms with Gasteiger partial charge in [-0.2, -0.15) is 43.2 Å². The van der Waals surface area contributed by atoms with Gasteiger partial charge < -0.3 is 31.1 Å². The summed E-state index contributed by atoms with van der Waals surface area (Å²) in [5, 5.41) is 18.7. The van der Waals surface area contributed by atoms with E-state index in [0.717, 1.165) is 45.1 Å². The number of carboxylic acids is 1. The maximum Gasteiger partial charge on any atom is 0.326 e. The van der Waals surface area contributed by atoms with Crippen LogP contribution in [0.25, 0.3) is 32.7 Å². The summed E-state index contributed by atoms with van der Waals surface area (Å²) < 4.78 is 145. The number of nitrogens with zero attached hydrogens (tertiary/aromatic N) is 5. The number of hydrogen-bond donors (Lipinski definition) is 9. The zero-order chi connectivity index (χ0) is 71.1. The SMILES string of the molecule is CC1(C)C(/C=C/C2=C(Oc3ccc(C[C@H](NC(=O)c4ccc(NCc5cnc6nc(N)[nH]c(=O)c6n5)cc4)C(=O)O)cc3)C(=C/C=C3/N(CCCCS(=O)(=O)O)c4ccc5cc(S(=O)(=O)O)ccc5c4C3(C)C)/CCC2)=[N+](CCCCS(=O)(=O)O)c2ccc3cc(S(=O)(=O)O)ccc3c21. The van der Waals surface area contributed by atoms with Crippen molar-refractivity contribution in [2.45, 2.75) is 112 Å². The Morgan fingerprint density at radius 1 is 0.737 bits per heavy atom. The van der Waals surface area contributed by atoms with Crippen molar-refractivity contribution in [1.29, 1.82) is 0 Å². The molecule has 99 heavy (non-hydrogen) atoms. The minimum atomic E-state index is -4.55. The minimum Gasteiger partial charge on any atom is -0.480 e. The largest absolute Gasteiger partial charge is 0.480 e. The normalized spacial score (nSPS) is 16.7. The smallest absolute Gasteiger partial charge is 0.326 e. The van der Waals surface area contributed by atoms with Gasteiger partial charge >= 0.3 is 5.97 Å². The summed E-state index contributed by atoms with van der Waals surface area (Å²) in [6, 6.07) is 27.7.